The molecule has 0 radical (unpaired) electrons. The van der Waals surface area contributed by atoms with Gasteiger partial charge in [-0.15, -0.1) is 0 Å². The second-order valence-electron chi connectivity index (χ2n) is 29.1. The van der Waals surface area contributed by atoms with Crippen LogP contribution in [0.25, 0.3) is 209 Å². The minimum Gasteiger partial charge on any atom is -0.455 e. The molecule has 0 N–H and O–H groups in total. The lowest BCUT2D eigenvalue weighted by Gasteiger charge is -2.20. The van der Waals surface area contributed by atoms with Gasteiger partial charge in [0.15, 0.2) is 0 Å². The molecular weight excluding hydrogens is 1310 g/mol. The summed E-state index contributed by atoms with van der Waals surface area (Å²) in [7, 11) is 0. The first kappa shape index (κ1) is 62.7. The number of benzene rings is 18. The van der Waals surface area contributed by atoms with Crippen LogP contribution in [0.1, 0.15) is 22.3 Å². The van der Waals surface area contributed by atoms with Gasteiger partial charge in [0.2, 0.25) is 0 Å². The van der Waals surface area contributed by atoms with Gasteiger partial charge in [-0.3, -0.25) is 0 Å². The van der Waals surface area contributed by atoms with Crippen LogP contribution < -0.4 is 0 Å². The molecule has 0 bridgehead atoms. The highest BCUT2D eigenvalue weighted by Crippen LogP contribution is 2.49. The summed E-state index contributed by atoms with van der Waals surface area (Å²) < 4.78 is 17.7. The van der Waals surface area contributed by atoms with Crippen molar-refractivity contribution in [3.63, 3.8) is 0 Å². The van der Waals surface area contributed by atoms with Gasteiger partial charge in [0.1, 0.15) is 22.3 Å². The van der Waals surface area contributed by atoms with E-state index < -0.39 is 0 Å². The van der Waals surface area contributed by atoms with E-state index in [-0.39, 0.29) is 0 Å². The van der Waals surface area contributed by atoms with Crippen LogP contribution in [0.3, 0.4) is 0 Å². The number of hydrogen-bond donors (Lipinski definition) is 0. The number of nitrogens with zero attached hydrogens (tertiary/aromatic N) is 2. The molecule has 0 aliphatic heterocycles. The summed E-state index contributed by atoms with van der Waals surface area (Å²) in [5.41, 5.74) is 30.5. The van der Waals surface area contributed by atoms with E-state index in [9.17, 15) is 0 Å². The first-order chi connectivity index (χ1) is 53.2. The summed E-state index contributed by atoms with van der Waals surface area (Å²) in [6, 6.07) is 128. The normalized spacial score (nSPS) is 11.9. The van der Waals surface area contributed by atoms with Crippen molar-refractivity contribution >= 4 is 131 Å². The van der Waals surface area contributed by atoms with Gasteiger partial charge in [0.25, 0.3) is 0 Å². The fourth-order valence-corrected chi connectivity index (χ4v) is 17.7. The fraction of sp³-hybridized carbons (Fsp3) is 0.0385. The summed E-state index contributed by atoms with van der Waals surface area (Å²) in [6.45, 7) is 8.94. The minimum atomic E-state index is 0.915. The number of furan rings is 2. The SMILES string of the molecule is Cc1cc2c(-c3ccccc3)c3cc(C)c(C)cc3c(-c3ccc(-n4c5ccccc5c5cc(-c6cccc7c6oc6ccccc67)ccc54)cc3)c2cc1C.c1ccc(-c2c3ccccc3c(-c3cccc(-n4c5ccccc5c5cc(-c6cccc7c6oc6ccccc67)ccc54)c3)c3ccccc23)cc1. The molecule has 108 heavy (non-hydrogen) atoms. The monoisotopic (exact) mass is 1380 g/mol. The highest BCUT2D eigenvalue weighted by atomic mass is 16.3. The van der Waals surface area contributed by atoms with Gasteiger partial charge in [-0.25, -0.2) is 0 Å². The summed E-state index contributed by atoms with van der Waals surface area (Å²) in [5, 5.41) is 19.7. The number of aryl methyl sites for hydroxylation is 4. The Morgan fingerprint density at radius 2 is 0.500 bits per heavy atom. The standard InChI is InChI=1S/C54H39NO.C50H31NO/c1-32-27-45-47(29-34(32)3)53(48-30-35(4)33(2)28-46(48)52(45)36-13-6-5-7-14-36)37-21-24-39(25-22-37)55-49-19-10-8-15-41(49)44-31-38(23-26-50(44)55)40-17-12-18-43-42-16-9-11-20-51(42)56-54(40)43;1-2-14-32(15-3-1)48-39-20-4-6-22-41(39)49(42-23-7-5-21-40(42)48)34-16-12-17-35(30-34)51-45-26-10-8-18-37(45)44-31-33(28-29-46(44)51)36-24-13-25-43-38-19-9-11-27-47(38)52-50(36)43/h5-31H,1-4H3;1-31H. The Morgan fingerprint density at radius 3 is 0.944 bits per heavy atom. The molecule has 22 rings (SSSR count). The zero-order chi connectivity index (χ0) is 71.8. The molecule has 0 aliphatic rings. The van der Waals surface area contributed by atoms with Crippen molar-refractivity contribution < 1.29 is 8.83 Å². The summed E-state index contributed by atoms with van der Waals surface area (Å²) in [6.07, 6.45) is 0. The minimum absolute atomic E-state index is 0.915. The van der Waals surface area contributed by atoms with Crippen molar-refractivity contribution in [3.05, 3.63) is 374 Å². The molecule has 0 fully saturated rings. The highest BCUT2D eigenvalue weighted by molar-refractivity contribution is 6.24. The lowest BCUT2D eigenvalue weighted by atomic mass is 9.83. The van der Waals surface area contributed by atoms with Crippen molar-refractivity contribution in [1.82, 2.24) is 9.13 Å². The average Bonchev–Trinajstić information content (AvgIpc) is 1.24. The van der Waals surface area contributed by atoms with E-state index in [1.165, 1.54) is 153 Å². The van der Waals surface area contributed by atoms with Gasteiger partial charge in [-0.2, -0.15) is 0 Å². The third-order valence-electron chi connectivity index (χ3n) is 23.0. The molecule has 0 saturated carbocycles. The molecule has 22 aromatic rings. The second-order valence-corrected chi connectivity index (χ2v) is 29.1. The number of fused-ring (bicyclic) bond motifs is 16. The van der Waals surface area contributed by atoms with Crippen LogP contribution in [-0.2, 0) is 0 Å². The zero-order valence-corrected chi connectivity index (χ0v) is 60.2. The molecular formula is C104H70N2O2. The van der Waals surface area contributed by atoms with E-state index in [0.29, 0.717) is 0 Å². The zero-order valence-electron chi connectivity index (χ0n) is 60.2. The van der Waals surface area contributed by atoms with Crippen molar-refractivity contribution in [2.45, 2.75) is 27.7 Å². The lowest BCUT2D eigenvalue weighted by molar-refractivity contribution is 0.669. The van der Waals surface area contributed by atoms with E-state index in [2.05, 4.69) is 370 Å². The first-order valence-electron chi connectivity index (χ1n) is 37.4. The first-order valence-corrected chi connectivity index (χ1v) is 37.4. The van der Waals surface area contributed by atoms with Crippen molar-refractivity contribution in [2.75, 3.05) is 0 Å². The van der Waals surface area contributed by atoms with Crippen LogP contribution in [0, 0.1) is 27.7 Å². The van der Waals surface area contributed by atoms with Crippen LogP contribution in [0.15, 0.2) is 361 Å². The maximum Gasteiger partial charge on any atom is 0.143 e. The van der Waals surface area contributed by atoms with Gasteiger partial charge in [-0.1, -0.05) is 279 Å². The van der Waals surface area contributed by atoms with Crippen molar-refractivity contribution in [2.24, 2.45) is 0 Å². The van der Waals surface area contributed by atoms with Crippen LogP contribution in [0.2, 0.25) is 0 Å². The highest BCUT2D eigenvalue weighted by Gasteiger charge is 2.24. The molecule has 0 atom stereocenters. The van der Waals surface area contributed by atoms with E-state index in [1.54, 1.807) is 0 Å². The van der Waals surface area contributed by atoms with Crippen LogP contribution in [-0.4, -0.2) is 9.13 Å². The molecule has 0 aliphatic carbocycles. The smallest absolute Gasteiger partial charge is 0.143 e. The Kier molecular flexibility index (Phi) is 14.5. The third kappa shape index (κ3) is 9.91. The Bertz CT molecular complexity index is 7320. The maximum absolute atomic E-state index is 6.46. The summed E-state index contributed by atoms with van der Waals surface area (Å²) >= 11 is 0. The molecule has 0 unspecified atom stereocenters. The largest absolute Gasteiger partial charge is 0.455 e. The Hall–Kier alpha value is -13.8. The van der Waals surface area contributed by atoms with Crippen molar-refractivity contribution in [3.8, 4) is 78.1 Å². The number of aromatic nitrogens is 2. The molecule has 4 aromatic heterocycles. The van der Waals surface area contributed by atoms with Gasteiger partial charge in [0.05, 0.1) is 22.1 Å². The lowest BCUT2D eigenvalue weighted by Crippen LogP contribution is -1.96. The Labute approximate surface area is 624 Å². The predicted molar refractivity (Wildman–Crippen MR) is 458 cm³/mol. The quantitative estimate of drug-likeness (QED) is 0.142. The maximum atomic E-state index is 6.46. The van der Waals surface area contributed by atoms with Gasteiger partial charge < -0.3 is 18.0 Å². The third-order valence-corrected chi connectivity index (χ3v) is 23.0. The van der Waals surface area contributed by atoms with Crippen LogP contribution >= 0.6 is 0 Å². The van der Waals surface area contributed by atoms with Gasteiger partial charge in [-0.05, 0) is 221 Å². The molecule has 4 heteroatoms. The molecule has 4 heterocycles. The Balaban J connectivity index is 0.000000138. The number of para-hydroxylation sites is 6. The number of rotatable bonds is 8. The Morgan fingerprint density at radius 1 is 0.185 bits per heavy atom. The van der Waals surface area contributed by atoms with Gasteiger partial charge >= 0.3 is 0 Å². The van der Waals surface area contributed by atoms with E-state index in [0.717, 1.165) is 77.5 Å². The van der Waals surface area contributed by atoms with E-state index in [1.807, 2.05) is 18.2 Å². The van der Waals surface area contributed by atoms with Gasteiger partial charge in [0, 0.05) is 65.6 Å². The van der Waals surface area contributed by atoms with E-state index in [4.69, 9.17) is 8.83 Å². The average molecular weight is 1380 g/mol. The molecule has 0 saturated heterocycles. The molecule has 508 valence electrons. The molecule has 0 amide bonds. The fourth-order valence-electron chi connectivity index (χ4n) is 17.7. The molecule has 18 aromatic carbocycles. The summed E-state index contributed by atoms with van der Waals surface area (Å²) in [5.74, 6) is 0. The topological polar surface area (TPSA) is 36.1 Å². The van der Waals surface area contributed by atoms with Crippen LogP contribution in [0.4, 0.5) is 0 Å². The molecule has 4 nitrogen and oxygen atoms in total. The molecule has 0 spiro atoms. The van der Waals surface area contributed by atoms with E-state index >= 15 is 0 Å². The van der Waals surface area contributed by atoms with Crippen molar-refractivity contribution in [1.29, 1.82) is 0 Å². The predicted octanol–water partition coefficient (Wildman–Crippen LogP) is 29.2. The second kappa shape index (κ2) is 24.9. The van der Waals surface area contributed by atoms with Crippen LogP contribution in [0.5, 0.6) is 0 Å². The summed E-state index contributed by atoms with van der Waals surface area (Å²) in [4.78, 5) is 0. The number of hydrogen-bond acceptors (Lipinski definition) is 2.